The molecule has 0 saturated heterocycles. The molecule has 0 heterocycles. The van der Waals surface area contributed by atoms with E-state index in [4.69, 9.17) is 10.8 Å². The maximum absolute atomic E-state index is 9.02. The van der Waals surface area contributed by atoms with E-state index in [0.29, 0.717) is 6.54 Å². The van der Waals surface area contributed by atoms with Crippen LogP contribution in [0.15, 0.2) is 24.3 Å². The molecular weight excluding hydrogens is 150 g/mol. The maximum atomic E-state index is 9.02. The molecule has 0 amide bonds. The van der Waals surface area contributed by atoms with Gasteiger partial charge in [-0.15, -0.1) is 0 Å². The molecule has 0 bridgehead atoms. The molecule has 1 rings (SSSR count). The summed E-state index contributed by atoms with van der Waals surface area (Å²) in [4.78, 5) is 0. The SMILES string of the molecule is Cc1ccccc1C(CN)CO. The molecule has 1 unspecified atom stereocenters. The zero-order valence-electron chi connectivity index (χ0n) is 7.33. The van der Waals surface area contributed by atoms with Gasteiger partial charge >= 0.3 is 0 Å². The predicted octanol–water partition coefficient (Wildman–Crippen LogP) is 1.03. The van der Waals surface area contributed by atoms with Crippen molar-refractivity contribution in [2.45, 2.75) is 12.8 Å². The van der Waals surface area contributed by atoms with Crippen molar-refractivity contribution in [1.29, 1.82) is 0 Å². The molecular formula is C10H15NO. The molecule has 66 valence electrons. The van der Waals surface area contributed by atoms with Crippen LogP contribution in [0.5, 0.6) is 0 Å². The van der Waals surface area contributed by atoms with E-state index in [1.54, 1.807) is 0 Å². The Bertz CT molecular complexity index is 243. The molecule has 1 atom stereocenters. The van der Waals surface area contributed by atoms with Gasteiger partial charge in [-0.25, -0.2) is 0 Å². The van der Waals surface area contributed by atoms with Gasteiger partial charge in [-0.2, -0.15) is 0 Å². The molecule has 0 aliphatic carbocycles. The molecule has 0 aromatic heterocycles. The van der Waals surface area contributed by atoms with E-state index in [1.807, 2.05) is 31.2 Å². The molecule has 1 aromatic carbocycles. The lowest BCUT2D eigenvalue weighted by Crippen LogP contribution is -2.16. The molecule has 0 aliphatic heterocycles. The van der Waals surface area contributed by atoms with Crippen LogP contribution in [0.25, 0.3) is 0 Å². The van der Waals surface area contributed by atoms with Gasteiger partial charge in [-0.1, -0.05) is 24.3 Å². The standard InChI is InChI=1S/C10H15NO/c1-8-4-2-3-5-10(8)9(6-11)7-12/h2-5,9,12H,6-7,11H2,1H3. The van der Waals surface area contributed by atoms with Gasteiger partial charge in [0.05, 0.1) is 6.61 Å². The van der Waals surface area contributed by atoms with Gasteiger partial charge < -0.3 is 10.8 Å². The van der Waals surface area contributed by atoms with Crippen molar-refractivity contribution in [2.75, 3.05) is 13.2 Å². The van der Waals surface area contributed by atoms with E-state index < -0.39 is 0 Å². The second-order valence-electron chi connectivity index (χ2n) is 2.97. The van der Waals surface area contributed by atoms with Crippen LogP contribution in [0.4, 0.5) is 0 Å². The molecule has 1 aromatic rings. The van der Waals surface area contributed by atoms with Gasteiger partial charge in [-0.05, 0) is 18.1 Å². The highest BCUT2D eigenvalue weighted by Gasteiger charge is 2.09. The molecule has 0 saturated carbocycles. The monoisotopic (exact) mass is 165 g/mol. The molecule has 2 nitrogen and oxygen atoms in total. The van der Waals surface area contributed by atoms with Crippen molar-refractivity contribution >= 4 is 0 Å². The summed E-state index contributed by atoms with van der Waals surface area (Å²) in [6, 6.07) is 8.02. The smallest absolute Gasteiger partial charge is 0.0511 e. The number of rotatable bonds is 3. The Hall–Kier alpha value is -0.860. The summed E-state index contributed by atoms with van der Waals surface area (Å²) < 4.78 is 0. The van der Waals surface area contributed by atoms with Gasteiger partial charge in [0.1, 0.15) is 0 Å². The van der Waals surface area contributed by atoms with Crippen LogP contribution in [0.3, 0.4) is 0 Å². The third-order valence-corrected chi connectivity index (χ3v) is 2.13. The van der Waals surface area contributed by atoms with Gasteiger partial charge in [-0.3, -0.25) is 0 Å². The van der Waals surface area contributed by atoms with Crippen molar-refractivity contribution in [2.24, 2.45) is 5.73 Å². The number of benzene rings is 1. The molecule has 0 radical (unpaired) electrons. The van der Waals surface area contributed by atoms with E-state index in [9.17, 15) is 0 Å². The van der Waals surface area contributed by atoms with Crippen molar-refractivity contribution in [1.82, 2.24) is 0 Å². The van der Waals surface area contributed by atoms with E-state index in [0.717, 1.165) is 5.56 Å². The summed E-state index contributed by atoms with van der Waals surface area (Å²) in [6.45, 7) is 2.66. The number of nitrogens with two attached hydrogens (primary N) is 1. The minimum absolute atomic E-state index is 0.0891. The minimum atomic E-state index is 0.0891. The Morgan fingerprint density at radius 1 is 1.42 bits per heavy atom. The van der Waals surface area contributed by atoms with E-state index in [-0.39, 0.29) is 12.5 Å². The number of aliphatic hydroxyl groups is 1. The maximum Gasteiger partial charge on any atom is 0.0511 e. The minimum Gasteiger partial charge on any atom is -0.396 e. The first-order valence-electron chi connectivity index (χ1n) is 4.16. The lowest BCUT2D eigenvalue weighted by Gasteiger charge is -2.13. The fraction of sp³-hybridized carbons (Fsp3) is 0.400. The fourth-order valence-corrected chi connectivity index (χ4v) is 1.34. The molecule has 3 N–H and O–H groups in total. The van der Waals surface area contributed by atoms with Crippen LogP contribution < -0.4 is 5.73 Å². The Kier molecular flexibility index (Phi) is 3.26. The highest BCUT2D eigenvalue weighted by molar-refractivity contribution is 5.29. The van der Waals surface area contributed by atoms with E-state index in [2.05, 4.69) is 0 Å². The predicted molar refractivity (Wildman–Crippen MR) is 50.1 cm³/mol. The number of hydrogen-bond donors (Lipinski definition) is 2. The summed E-state index contributed by atoms with van der Waals surface area (Å²) in [5.74, 6) is 0.0891. The lowest BCUT2D eigenvalue weighted by molar-refractivity contribution is 0.267. The van der Waals surface area contributed by atoms with Crippen LogP contribution in [0.1, 0.15) is 17.0 Å². The summed E-state index contributed by atoms with van der Waals surface area (Å²) in [5.41, 5.74) is 7.88. The molecule has 12 heavy (non-hydrogen) atoms. The van der Waals surface area contributed by atoms with Crippen LogP contribution in [0.2, 0.25) is 0 Å². The molecule has 0 fully saturated rings. The first-order valence-corrected chi connectivity index (χ1v) is 4.16. The topological polar surface area (TPSA) is 46.2 Å². The van der Waals surface area contributed by atoms with Crippen LogP contribution in [-0.4, -0.2) is 18.3 Å². The lowest BCUT2D eigenvalue weighted by atomic mass is 9.96. The average Bonchev–Trinajstić information content (AvgIpc) is 2.10. The first-order chi connectivity index (χ1) is 5.79. The Morgan fingerprint density at radius 3 is 2.58 bits per heavy atom. The van der Waals surface area contributed by atoms with Gasteiger partial charge in [0, 0.05) is 12.5 Å². The van der Waals surface area contributed by atoms with Crippen LogP contribution in [-0.2, 0) is 0 Å². The summed E-state index contributed by atoms with van der Waals surface area (Å²) in [5, 5.41) is 9.02. The van der Waals surface area contributed by atoms with Gasteiger partial charge in [0.2, 0.25) is 0 Å². The highest BCUT2D eigenvalue weighted by atomic mass is 16.3. The zero-order valence-corrected chi connectivity index (χ0v) is 7.33. The second-order valence-corrected chi connectivity index (χ2v) is 2.97. The van der Waals surface area contributed by atoms with Crippen LogP contribution in [0, 0.1) is 6.92 Å². The molecule has 0 spiro atoms. The third kappa shape index (κ3) is 1.84. The van der Waals surface area contributed by atoms with Crippen molar-refractivity contribution < 1.29 is 5.11 Å². The molecule has 0 aliphatic rings. The van der Waals surface area contributed by atoms with E-state index in [1.165, 1.54) is 5.56 Å². The van der Waals surface area contributed by atoms with Crippen molar-refractivity contribution in [3.63, 3.8) is 0 Å². The first kappa shape index (κ1) is 9.23. The number of hydrogen-bond acceptors (Lipinski definition) is 2. The van der Waals surface area contributed by atoms with Crippen LogP contribution >= 0.6 is 0 Å². The zero-order chi connectivity index (χ0) is 8.97. The Morgan fingerprint density at radius 2 is 2.08 bits per heavy atom. The summed E-state index contributed by atoms with van der Waals surface area (Å²) in [7, 11) is 0. The number of aryl methyl sites for hydroxylation is 1. The molecule has 2 heteroatoms. The largest absolute Gasteiger partial charge is 0.396 e. The number of aliphatic hydroxyl groups excluding tert-OH is 1. The fourth-order valence-electron chi connectivity index (χ4n) is 1.34. The quantitative estimate of drug-likeness (QED) is 0.702. The van der Waals surface area contributed by atoms with Crippen molar-refractivity contribution in [3.05, 3.63) is 35.4 Å². The average molecular weight is 165 g/mol. The summed E-state index contributed by atoms with van der Waals surface area (Å²) in [6.07, 6.45) is 0. The van der Waals surface area contributed by atoms with Crippen molar-refractivity contribution in [3.8, 4) is 0 Å². The van der Waals surface area contributed by atoms with E-state index >= 15 is 0 Å². The Balaban J connectivity index is 2.92. The van der Waals surface area contributed by atoms with Gasteiger partial charge in [0.25, 0.3) is 0 Å². The summed E-state index contributed by atoms with van der Waals surface area (Å²) >= 11 is 0. The highest BCUT2D eigenvalue weighted by Crippen LogP contribution is 2.17. The third-order valence-electron chi connectivity index (χ3n) is 2.13. The Labute approximate surface area is 73.0 Å². The normalized spacial score (nSPS) is 12.9. The second kappa shape index (κ2) is 4.24. The van der Waals surface area contributed by atoms with Gasteiger partial charge in [0.15, 0.2) is 0 Å².